The molecule has 3 aromatic rings. The number of nitrogens with one attached hydrogen (secondary N) is 1. The van der Waals surface area contributed by atoms with Crippen molar-refractivity contribution in [2.24, 2.45) is 18.7 Å². The number of pyridine rings is 1. The zero-order valence-corrected chi connectivity index (χ0v) is 18.4. The number of hydrogen-bond donors (Lipinski definition) is 2. The molecule has 0 radical (unpaired) electrons. The number of nitrogens with two attached hydrogens (primary N) is 1. The fourth-order valence-electron chi connectivity index (χ4n) is 4.74. The van der Waals surface area contributed by atoms with Crippen LogP contribution in [0.2, 0.25) is 0 Å². The molecule has 0 bridgehead atoms. The topological polar surface area (TPSA) is 89.1 Å². The molecule has 7 nitrogen and oxygen atoms in total. The Morgan fingerprint density at radius 1 is 1.26 bits per heavy atom. The lowest BCUT2D eigenvalue weighted by molar-refractivity contribution is 0.0936. The van der Waals surface area contributed by atoms with Crippen LogP contribution in [0.3, 0.4) is 0 Å². The quantitative estimate of drug-likeness (QED) is 0.665. The lowest BCUT2D eigenvalue weighted by Crippen LogP contribution is -2.40. The van der Waals surface area contributed by atoms with Crippen molar-refractivity contribution in [1.82, 2.24) is 20.1 Å². The number of benzene rings is 1. The highest BCUT2D eigenvalue weighted by Gasteiger charge is 2.35. The molecule has 7 heteroatoms. The van der Waals surface area contributed by atoms with E-state index in [4.69, 9.17) is 5.73 Å². The van der Waals surface area contributed by atoms with Gasteiger partial charge in [0.15, 0.2) is 0 Å². The van der Waals surface area contributed by atoms with Gasteiger partial charge in [0.05, 0.1) is 23.0 Å². The molecule has 2 aliphatic rings. The summed E-state index contributed by atoms with van der Waals surface area (Å²) in [5, 5.41) is 8.70. The Labute approximate surface area is 182 Å². The van der Waals surface area contributed by atoms with Crippen LogP contribution in [0.15, 0.2) is 36.8 Å². The fraction of sp³-hybridized carbons (Fsp3) is 0.458. The molecule has 2 atom stereocenters. The maximum absolute atomic E-state index is 13.4. The van der Waals surface area contributed by atoms with Gasteiger partial charge in [-0.3, -0.25) is 14.5 Å². The summed E-state index contributed by atoms with van der Waals surface area (Å²) in [7, 11) is 1.94. The summed E-state index contributed by atoms with van der Waals surface area (Å²) >= 11 is 0. The lowest BCUT2D eigenvalue weighted by Gasteiger charge is -2.27. The van der Waals surface area contributed by atoms with Crippen molar-refractivity contribution >= 4 is 22.5 Å². The molecule has 162 valence electrons. The van der Waals surface area contributed by atoms with Crippen LogP contribution in [0, 0.1) is 5.92 Å². The highest BCUT2D eigenvalue weighted by molar-refractivity contribution is 6.06. The van der Waals surface area contributed by atoms with E-state index in [2.05, 4.69) is 46.3 Å². The second kappa shape index (κ2) is 7.34. The van der Waals surface area contributed by atoms with Crippen molar-refractivity contribution in [3.05, 3.63) is 42.4 Å². The molecule has 1 amide bonds. The van der Waals surface area contributed by atoms with Crippen LogP contribution in [-0.2, 0) is 7.05 Å². The van der Waals surface area contributed by atoms with Crippen LogP contribution in [0.5, 0.6) is 0 Å². The standard InChI is InChI=1S/C24H30N6O/c1-15(16-7-8-16)28-23(31)20-12-26-11-19(22(20)30-10-9-24(2,25)14-30)17-5-4-6-21-18(17)13-27-29(21)3/h4-6,11-13,15-16H,7-10,14,25H2,1-3H3,(H,28,31)/t15-,24-/m0/s1. The lowest BCUT2D eigenvalue weighted by atomic mass is 9.98. The first kappa shape index (κ1) is 20.0. The average molecular weight is 419 g/mol. The molecule has 3 heterocycles. The molecule has 3 N–H and O–H groups in total. The van der Waals surface area contributed by atoms with Gasteiger partial charge in [-0.1, -0.05) is 12.1 Å². The zero-order valence-electron chi connectivity index (χ0n) is 18.4. The minimum Gasteiger partial charge on any atom is -0.368 e. The number of hydrogen-bond acceptors (Lipinski definition) is 5. The van der Waals surface area contributed by atoms with Gasteiger partial charge in [-0.15, -0.1) is 0 Å². The summed E-state index contributed by atoms with van der Waals surface area (Å²) in [4.78, 5) is 20.1. The van der Waals surface area contributed by atoms with E-state index >= 15 is 0 Å². The number of carbonyl (C=O) groups excluding carboxylic acids is 1. The van der Waals surface area contributed by atoms with Gasteiger partial charge >= 0.3 is 0 Å². The minimum absolute atomic E-state index is 0.0623. The molecule has 31 heavy (non-hydrogen) atoms. The van der Waals surface area contributed by atoms with Gasteiger partial charge in [0.2, 0.25) is 0 Å². The number of amides is 1. The summed E-state index contributed by atoms with van der Waals surface area (Å²) in [6.07, 6.45) is 8.70. The number of fused-ring (bicyclic) bond motifs is 1. The minimum atomic E-state index is -0.282. The van der Waals surface area contributed by atoms with Gasteiger partial charge in [0, 0.05) is 55.1 Å². The smallest absolute Gasteiger partial charge is 0.255 e. The number of rotatable bonds is 5. The molecular formula is C24H30N6O. The molecule has 0 spiro atoms. The molecule has 1 saturated heterocycles. The van der Waals surface area contributed by atoms with Crippen LogP contribution in [0.1, 0.15) is 43.5 Å². The predicted octanol–water partition coefficient (Wildman–Crippen LogP) is 3.09. The first-order valence-electron chi connectivity index (χ1n) is 11.1. The maximum atomic E-state index is 13.4. The number of aromatic nitrogens is 3. The monoisotopic (exact) mass is 418 g/mol. The average Bonchev–Trinajstić information content (AvgIpc) is 3.45. The van der Waals surface area contributed by atoms with Crippen LogP contribution >= 0.6 is 0 Å². The maximum Gasteiger partial charge on any atom is 0.255 e. The third kappa shape index (κ3) is 3.67. The zero-order chi connectivity index (χ0) is 21.8. The Bertz CT molecular complexity index is 1150. The highest BCUT2D eigenvalue weighted by Crippen LogP contribution is 2.40. The first-order chi connectivity index (χ1) is 14.8. The largest absolute Gasteiger partial charge is 0.368 e. The van der Waals surface area contributed by atoms with E-state index in [0.717, 1.165) is 40.7 Å². The Balaban J connectivity index is 1.64. The SMILES string of the molecule is C[C@H](NC(=O)c1cncc(-c2cccc3c2cnn3C)c1N1CC[C@](C)(N)C1)C1CC1. The van der Waals surface area contributed by atoms with Gasteiger partial charge in [-0.05, 0) is 50.7 Å². The normalized spacial score (nSPS) is 22.1. The summed E-state index contributed by atoms with van der Waals surface area (Å²) in [5.41, 5.74) is 10.7. The first-order valence-corrected chi connectivity index (χ1v) is 11.1. The molecule has 1 aliphatic carbocycles. The van der Waals surface area contributed by atoms with Crippen molar-refractivity contribution in [3.8, 4) is 11.1 Å². The predicted molar refractivity (Wildman–Crippen MR) is 123 cm³/mol. The second-order valence-electron chi connectivity index (χ2n) is 9.51. The summed E-state index contributed by atoms with van der Waals surface area (Å²) < 4.78 is 1.87. The van der Waals surface area contributed by atoms with E-state index in [-0.39, 0.29) is 17.5 Å². The molecule has 1 aromatic carbocycles. The highest BCUT2D eigenvalue weighted by atomic mass is 16.1. The van der Waals surface area contributed by atoms with E-state index in [9.17, 15) is 4.79 Å². The van der Waals surface area contributed by atoms with E-state index in [1.54, 1.807) is 6.20 Å². The van der Waals surface area contributed by atoms with Crippen molar-refractivity contribution in [3.63, 3.8) is 0 Å². The number of nitrogens with zero attached hydrogens (tertiary/aromatic N) is 4. The fourth-order valence-corrected chi connectivity index (χ4v) is 4.74. The van der Waals surface area contributed by atoms with Crippen molar-refractivity contribution in [1.29, 1.82) is 0 Å². The molecular weight excluding hydrogens is 388 g/mol. The van der Waals surface area contributed by atoms with Crippen LogP contribution < -0.4 is 16.0 Å². The van der Waals surface area contributed by atoms with Gasteiger partial charge in [-0.2, -0.15) is 5.10 Å². The van der Waals surface area contributed by atoms with Gasteiger partial charge in [0.1, 0.15) is 0 Å². The molecule has 5 rings (SSSR count). The molecule has 2 fully saturated rings. The molecule has 1 saturated carbocycles. The summed E-state index contributed by atoms with van der Waals surface area (Å²) in [6.45, 7) is 5.68. The van der Waals surface area contributed by atoms with Crippen molar-refractivity contribution in [2.45, 2.75) is 44.7 Å². The van der Waals surface area contributed by atoms with E-state index in [1.165, 1.54) is 12.8 Å². The Kier molecular flexibility index (Phi) is 4.73. The summed E-state index contributed by atoms with van der Waals surface area (Å²) in [6, 6.07) is 6.34. The number of carbonyl (C=O) groups is 1. The third-order valence-corrected chi connectivity index (χ3v) is 6.75. The van der Waals surface area contributed by atoms with Gasteiger partial charge < -0.3 is 16.0 Å². The van der Waals surface area contributed by atoms with Gasteiger partial charge in [-0.25, -0.2) is 0 Å². The van der Waals surface area contributed by atoms with Crippen LogP contribution in [0.4, 0.5) is 5.69 Å². The molecule has 2 aromatic heterocycles. The number of aryl methyl sites for hydroxylation is 1. The summed E-state index contributed by atoms with van der Waals surface area (Å²) in [5.74, 6) is 0.527. The van der Waals surface area contributed by atoms with Crippen LogP contribution in [-0.4, -0.2) is 45.3 Å². The Morgan fingerprint density at radius 3 is 2.77 bits per heavy atom. The van der Waals surface area contributed by atoms with Crippen molar-refractivity contribution in [2.75, 3.05) is 18.0 Å². The van der Waals surface area contributed by atoms with Crippen LogP contribution in [0.25, 0.3) is 22.0 Å². The van der Waals surface area contributed by atoms with E-state index in [1.807, 2.05) is 30.2 Å². The Hall–Kier alpha value is -2.93. The third-order valence-electron chi connectivity index (χ3n) is 6.75. The van der Waals surface area contributed by atoms with Gasteiger partial charge in [0.25, 0.3) is 5.91 Å². The van der Waals surface area contributed by atoms with E-state index in [0.29, 0.717) is 18.0 Å². The number of anilines is 1. The molecule has 1 aliphatic heterocycles. The van der Waals surface area contributed by atoms with E-state index < -0.39 is 0 Å². The second-order valence-corrected chi connectivity index (χ2v) is 9.51. The Morgan fingerprint density at radius 2 is 2.06 bits per heavy atom. The van der Waals surface area contributed by atoms with Crippen molar-refractivity contribution < 1.29 is 4.79 Å². The molecule has 0 unspecified atom stereocenters.